The van der Waals surface area contributed by atoms with Crippen LogP contribution in [0.1, 0.15) is 18.5 Å². The SMILES string of the molecule is O=C(O)C1(c2cn(-c3ccccc3)nn2)CC(O)C1. The van der Waals surface area contributed by atoms with E-state index in [1.807, 2.05) is 30.3 Å². The number of carbonyl (C=O) groups is 1. The molecule has 0 unspecified atom stereocenters. The number of rotatable bonds is 3. The lowest BCUT2D eigenvalue weighted by atomic mass is 9.65. The lowest BCUT2D eigenvalue weighted by Crippen LogP contribution is -2.50. The third-order valence-corrected chi connectivity index (χ3v) is 3.58. The van der Waals surface area contributed by atoms with Crippen molar-refractivity contribution in [2.45, 2.75) is 24.4 Å². The van der Waals surface area contributed by atoms with Crippen molar-refractivity contribution < 1.29 is 15.0 Å². The van der Waals surface area contributed by atoms with Gasteiger partial charge in [0.05, 0.1) is 18.0 Å². The maximum Gasteiger partial charge on any atom is 0.316 e. The molecule has 1 heterocycles. The fourth-order valence-electron chi connectivity index (χ4n) is 2.43. The molecule has 2 N–H and O–H groups in total. The van der Waals surface area contributed by atoms with Crippen LogP contribution in [0.15, 0.2) is 36.5 Å². The van der Waals surface area contributed by atoms with Gasteiger partial charge in [-0.3, -0.25) is 4.79 Å². The quantitative estimate of drug-likeness (QED) is 0.849. The minimum atomic E-state index is -1.09. The predicted molar refractivity (Wildman–Crippen MR) is 65.9 cm³/mol. The molecule has 1 saturated carbocycles. The number of aliphatic carboxylic acids is 1. The molecule has 19 heavy (non-hydrogen) atoms. The van der Waals surface area contributed by atoms with E-state index >= 15 is 0 Å². The van der Waals surface area contributed by atoms with Crippen LogP contribution in [0, 0.1) is 0 Å². The highest BCUT2D eigenvalue weighted by Gasteiger charge is 2.53. The van der Waals surface area contributed by atoms with Gasteiger partial charge in [0.25, 0.3) is 0 Å². The highest BCUT2D eigenvalue weighted by molar-refractivity contribution is 5.82. The van der Waals surface area contributed by atoms with Crippen LogP contribution >= 0.6 is 0 Å². The van der Waals surface area contributed by atoms with E-state index in [1.54, 1.807) is 10.9 Å². The minimum Gasteiger partial charge on any atom is -0.481 e. The van der Waals surface area contributed by atoms with Gasteiger partial charge in [-0.05, 0) is 25.0 Å². The second-order valence-corrected chi connectivity index (χ2v) is 4.83. The number of para-hydroxylation sites is 1. The molecule has 0 spiro atoms. The lowest BCUT2D eigenvalue weighted by Gasteiger charge is -2.39. The van der Waals surface area contributed by atoms with Gasteiger partial charge in [0.1, 0.15) is 11.1 Å². The van der Waals surface area contributed by atoms with Crippen molar-refractivity contribution in [2.75, 3.05) is 0 Å². The molecule has 0 bridgehead atoms. The topological polar surface area (TPSA) is 88.2 Å². The molecular formula is C13H13N3O3. The number of carboxylic acids is 1. The summed E-state index contributed by atoms with van der Waals surface area (Å²) < 4.78 is 1.55. The number of aromatic nitrogens is 3. The Morgan fingerprint density at radius 2 is 2.00 bits per heavy atom. The number of carboxylic acid groups (broad SMARTS) is 1. The normalized spacial score (nSPS) is 25.8. The van der Waals surface area contributed by atoms with Gasteiger partial charge in [0.15, 0.2) is 0 Å². The molecular weight excluding hydrogens is 246 g/mol. The number of nitrogens with zero attached hydrogens (tertiary/aromatic N) is 3. The number of hydrogen-bond donors (Lipinski definition) is 2. The van der Waals surface area contributed by atoms with Crippen molar-refractivity contribution >= 4 is 5.97 Å². The van der Waals surface area contributed by atoms with Crippen LogP contribution in [0.3, 0.4) is 0 Å². The van der Waals surface area contributed by atoms with Crippen molar-refractivity contribution in [3.63, 3.8) is 0 Å². The molecule has 0 saturated heterocycles. The second kappa shape index (κ2) is 4.17. The first-order chi connectivity index (χ1) is 9.12. The van der Waals surface area contributed by atoms with E-state index < -0.39 is 17.5 Å². The summed E-state index contributed by atoms with van der Waals surface area (Å²) in [7, 11) is 0. The summed E-state index contributed by atoms with van der Waals surface area (Å²) in [6.45, 7) is 0. The third-order valence-electron chi connectivity index (χ3n) is 3.58. The lowest BCUT2D eigenvalue weighted by molar-refractivity contribution is -0.153. The van der Waals surface area contributed by atoms with Gasteiger partial charge in [-0.25, -0.2) is 4.68 Å². The highest BCUT2D eigenvalue weighted by Crippen LogP contribution is 2.43. The van der Waals surface area contributed by atoms with E-state index in [2.05, 4.69) is 10.3 Å². The molecule has 1 aliphatic carbocycles. The van der Waals surface area contributed by atoms with E-state index in [4.69, 9.17) is 0 Å². The van der Waals surface area contributed by atoms with Crippen molar-refractivity contribution in [1.29, 1.82) is 0 Å². The summed E-state index contributed by atoms with van der Waals surface area (Å²) in [5.74, 6) is -0.960. The first kappa shape index (κ1) is 11.9. The Bertz CT molecular complexity index is 603. The second-order valence-electron chi connectivity index (χ2n) is 4.83. The van der Waals surface area contributed by atoms with Gasteiger partial charge in [0, 0.05) is 0 Å². The van der Waals surface area contributed by atoms with Crippen LogP contribution in [0.2, 0.25) is 0 Å². The Balaban J connectivity index is 1.95. The Kier molecular flexibility index (Phi) is 2.60. The molecule has 2 aromatic rings. The van der Waals surface area contributed by atoms with Crippen LogP contribution in [0.4, 0.5) is 0 Å². The van der Waals surface area contributed by atoms with Crippen LogP contribution in [-0.2, 0) is 10.2 Å². The van der Waals surface area contributed by atoms with E-state index in [0.717, 1.165) is 5.69 Å². The summed E-state index contributed by atoms with van der Waals surface area (Å²) in [5.41, 5.74) is 0.128. The van der Waals surface area contributed by atoms with Gasteiger partial charge in [0.2, 0.25) is 0 Å². The van der Waals surface area contributed by atoms with Crippen LogP contribution < -0.4 is 0 Å². The van der Waals surface area contributed by atoms with Crippen molar-refractivity contribution in [3.8, 4) is 5.69 Å². The van der Waals surface area contributed by atoms with E-state index in [9.17, 15) is 15.0 Å². The summed E-state index contributed by atoms with van der Waals surface area (Å²) in [6.07, 6.45) is 1.43. The molecule has 0 amide bonds. The Hall–Kier alpha value is -2.21. The molecule has 3 rings (SSSR count). The van der Waals surface area contributed by atoms with Gasteiger partial charge in [-0.1, -0.05) is 23.4 Å². The zero-order chi connectivity index (χ0) is 13.5. The average molecular weight is 259 g/mol. The van der Waals surface area contributed by atoms with Crippen LogP contribution in [0.5, 0.6) is 0 Å². The summed E-state index contributed by atoms with van der Waals surface area (Å²) in [5, 5.41) is 26.7. The molecule has 1 aromatic carbocycles. The van der Waals surface area contributed by atoms with Crippen molar-refractivity contribution in [1.82, 2.24) is 15.0 Å². The molecule has 1 fully saturated rings. The Labute approximate surface area is 109 Å². The molecule has 98 valence electrons. The molecule has 1 aliphatic rings. The molecule has 0 aliphatic heterocycles. The summed E-state index contributed by atoms with van der Waals surface area (Å²) in [4.78, 5) is 11.4. The molecule has 0 radical (unpaired) electrons. The van der Waals surface area contributed by atoms with Crippen LogP contribution in [-0.4, -0.2) is 37.3 Å². The number of hydrogen-bond acceptors (Lipinski definition) is 4. The van der Waals surface area contributed by atoms with Gasteiger partial charge in [-0.2, -0.15) is 0 Å². The first-order valence-electron chi connectivity index (χ1n) is 6.01. The minimum absolute atomic E-state index is 0.190. The molecule has 0 atom stereocenters. The maximum absolute atomic E-state index is 11.4. The van der Waals surface area contributed by atoms with Crippen molar-refractivity contribution in [3.05, 3.63) is 42.2 Å². The Morgan fingerprint density at radius 3 is 2.58 bits per heavy atom. The van der Waals surface area contributed by atoms with Crippen LogP contribution in [0.25, 0.3) is 5.69 Å². The monoisotopic (exact) mass is 259 g/mol. The zero-order valence-electron chi connectivity index (χ0n) is 10.1. The number of aliphatic hydroxyl groups is 1. The third kappa shape index (κ3) is 1.80. The smallest absolute Gasteiger partial charge is 0.316 e. The predicted octanol–water partition coefficient (Wildman–Crippen LogP) is 0.744. The maximum atomic E-state index is 11.4. The Morgan fingerprint density at radius 1 is 1.32 bits per heavy atom. The zero-order valence-corrected chi connectivity index (χ0v) is 10.1. The molecule has 1 aromatic heterocycles. The van der Waals surface area contributed by atoms with E-state index in [-0.39, 0.29) is 12.8 Å². The van der Waals surface area contributed by atoms with E-state index in [0.29, 0.717) is 5.69 Å². The number of aliphatic hydroxyl groups excluding tert-OH is 1. The first-order valence-corrected chi connectivity index (χ1v) is 6.01. The number of benzene rings is 1. The van der Waals surface area contributed by atoms with Gasteiger partial charge < -0.3 is 10.2 Å². The largest absolute Gasteiger partial charge is 0.481 e. The highest BCUT2D eigenvalue weighted by atomic mass is 16.4. The van der Waals surface area contributed by atoms with Crippen molar-refractivity contribution in [2.24, 2.45) is 0 Å². The molecule has 6 heteroatoms. The summed E-state index contributed by atoms with van der Waals surface area (Å²) in [6, 6.07) is 9.36. The summed E-state index contributed by atoms with van der Waals surface area (Å²) >= 11 is 0. The standard InChI is InChI=1S/C13H13N3O3/c17-10-6-13(7-10,12(18)19)11-8-16(15-14-11)9-4-2-1-3-5-9/h1-5,8,10,17H,6-7H2,(H,18,19). The van der Waals surface area contributed by atoms with Gasteiger partial charge >= 0.3 is 5.97 Å². The fraction of sp³-hybridized carbons (Fsp3) is 0.308. The molecule has 6 nitrogen and oxygen atoms in total. The van der Waals surface area contributed by atoms with Gasteiger partial charge in [-0.15, -0.1) is 5.10 Å². The fourth-order valence-corrected chi connectivity index (χ4v) is 2.43. The average Bonchev–Trinajstić information content (AvgIpc) is 2.85. The van der Waals surface area contributed by atoms with E-state index in [1.165, 1.54) is 0 Å².